The number of carbonyl (C=O) groups is 1. The molecule has 4 heterocycles. The van der Waals surface area contributed by atoms with E-state index in [1.165, 1.54) is 18.5 Å². The van der Waals surface area contributed by atoms with Crippen LogP contribution in [0, 0.1) is 10.1 Å². The van der Waals surface area contributed by atoms with Crippen LogP contribution < -0.4 is 10.5 Å². The van der Waals surface area contributed by atoms with Gasteiger partial charge in [0.15, 0.2) is 11.2 Å². The Morgan fingerprint density at radius 1 is 1.17 bits per heavy atom. The Hall–Kier alpha value is -3.84. The fraction of sp³-hybridized carbons (Fsp3) is 0.455. The Morgan fingerprint density at radius 3 is 2.69 bits per heavy atom. The van der Waals surface area contributed by atoms with Crippen LogP contribution in [0.1, 0.15) is 19.1 Å². The highest BCUT2D eigenvalue weighted by Crippen LogP contribution is 2.30. The summed E-state index contributed by atoms with van der Waals surface area (Å²) in [5.74, 6) is -0.304. The van der Waals surface area contributed by atoms with E-state index in [-0.39, 0.29) is 48.2 Å². The zero-order valence-electron chi connectivity index (χ0n) is 18.9. The van der Waals surface area contributed by atoms with E-state index in [1.54, 1.807) is 23.0 Å². The second-order valence-corrected chi connectivity index (χ2v) is 8.57. The van der Waals surface area contributed by atoms with E-state index in [2.05, 4.69) is 19.9 Å². The first-order valence-electron chi connectivity index (χ1n) is 11.4. The monoisotopic (exact) mass is 483 g/mol. The average Bonchev–Trinajstić information content (AvgIpc) is 3.51. The van der Waals surface area contributed by atoms with E-state index in [0.29, 0.717) is 44.7 Å². The maximum atomic E-state index is 12.4. The summed E-state index contributed by atoms with van der Waals surface area (Å²) >= 11 is 0. The third kappa shape index (κ3) is 5.00. The van der Waals surface area contributed by atoms with Gasteiger partial charge in [-0.15, -0.1) is 0 Å². The standard InChI is InChI=1S/C22H25N7O6/c30-19(11-26-7-9-27(10-8-26)15-1-3-16(4-2-15)29(32)33)34-12-17-5-6-18(35-17)28-14-25-20-21(28)23-13-24-22(20)31/h1-4,13-14,17-18H,5-12H2,(H,23,24,31)/t17-,18+/m0/s1. The molecule has 3 aromatic rings. The molecule has 2 fully saturated rings. The SMILES string of the molecule is O=C(CN1CCN(c2ccc([N+](=O)[O-])cc2)CC1)OC[C@@H]1CC[C@H](n2cnc3c(=O)[nH]cnc32)O1. The molecular weight excluding hydrogens is 458 g/mol. The highest BCUT2D eigenvalue weighted by molar-refractivity contribution is 5.71. The average molecular weight is 483 g/mol. The molecule has 2 atom stereocenters. The Labute approximate surface area is 199 Å². The molecule has 0 radical (unpaired) electrons. The van der Waals surface area contributed by atoms with Crippen molar-refractivity contribution in [2.24, 2.45) is 0 Å². The zero-order chi connectivity index (χ0) is 24.4. The molecule has 35 heavy (non-hydrogen) atoms. The number of piperazine rings is 1. The number of aromatic nitrogens is 4. The predicted molar refractivity (Wildman–Crippen MR) is 124 cm³/mol. The minimum Gasteiger partial charge on any atom is -0.462 e. The van der Waals surface area contributed by atoms with Crippen molar-refractivity contribution < 1.29 is 19.2 Å². The van der Waals surface area contributed by atoms with Gasteiger partial charge in [-0.1, -0.05) is 0 Å². The number of hydrogen-bond acceptors (Lipinski definition) is 10. The molecule has 0 bridgehead atoms. The first kappa shape index (κ1) is 22.9. The Bertz CT molecular complexity index is 1270. The number of fused-ring (bicyclic) bond motifs is 1. The molecule has 184 valence electrons. The number of nitrogens with zero attached hydrogens (tertiary/aromatic N) is 6. The molecule has 0 saturated carbocycles. The number of aromatic amines is 1. The number of anilines is 1. The predicted octanol–water partition coefficient (Wildman–Crippen LogP) is 1.07. The van der Waals surface area contributed by atoms with Crippen LogP contribution in [0.3, 0.4) is 0 Å². The molecule has 13 heteroatoms. The molecule has 0 aliphatic carbocycles. The number of benzene rings is 1. The van der Waals surface area contributed by atoms with Gasteiger partial charge in [0, 0.05) is 44.0 Å². The van der Waals surface area contributed by atoms with Crippen molar-refractivity contribution in [2.45, 2.75) is 25.2 Å². The van der Waals surface area contributed by atoms with Crippen molar-refractivity contribution in [2.75, 3.05) is 44.2 Å². The van der Waals surface area contributed by atoms with E-state index in [0.717, 1.165) is 5.69 Å². The molecule has 1 N–H and O–H groups in total. The molecule has 1 aromatic carbocycles. The third-order valence-corrected chi connectivity index (χ3v) is 6.34. The largest absolute Gasteiger partial charge is 0.462 e. The van der Waals surface area contributed by atoms with Crippen LogP contribution in [-0.4, -0.2) is 80.7 Å². The number of esters is 1. The smallest absolute Gasteiger partial charge is 0.320 e. The van der Waals surface area contributed by atoms with Gasteiger partial charge in [0.2, 0.25) is 0 Å². The number of rotatable bonds is 7. The molecule has 0 unspecified atom stereocenters. The first-order chi connectivity index (χ1) is 17.0. The molecule has 0 spiro atoms. The van der Waals surface area contributed by atoms with E-state index in [4.69, 9.17) is 9.47 Å². The van der Waals surface area contributed by atoms with Gasteiger partial charge in [-0.2, -0.15) is 0 Å². The van der Waals surface area contributed by atoms with Crippen LogP contribution in [0.2, 0.25) is 0 Å². The van der Waals surface area contributed by atoms with Gasteiger partial charge in [0.05, 0.1) is 30.2 Å². The number of nitro groups is 1. The van der Waals surface area contributed by atoms with Crippen LogP contribution in [0.4, 0.5) is 11.4 Å². The first-order valence-corrected chi connectivity index (χ1v) is 11.4. The highest BCUT2D eigenvalue weighted by atomic mass is 16.6. The molecular formula is C22H25N7O6. The van der Waals surface area contributed by atoms with Gasteiger partial charge in [-0.05, 0) is 25.0 Å². The van der Waals surface area contributed by atoms with Crippen molar-refractivity contribution in [3.05, 3.63) is 57.4 Å². The van der Waals surface area contributed by atoms with Crippen LogP contribution in [0.25, 0.3) is 11.2 Å². The van der Waals surface area contributed by atoms with Crippen LogP contribution in [0.15, 0.2) is 41.7 Å². The van der Waals surface area contributed by atoms with Crippen molar-refractivity contribution in [1.82, 2.24) is 24.4 Å². The van der Waals surface area contributed by atoms with E-state index < -0.39 is 4.92 Å². The number of ether oxygens (including phenoxy) is 2. The molecule has 2 aromatic heterocycles. The number of non-ortho nitro benzene ring substituents is 1. The van der Waals surface area contributed by atoms with Crippen molar-refractivity contribution in [3.8, 4) is 0 Å². The van der Waals surface area contributed by atoms with E-state index >= 15 is 0 Å². The number of carbonyl (C=O) groups excluding carboxylic acids is 1. The van der Waals surface area contributed by atoms with Gasteiger partial charge in [0.25, 0.3) is 11.2 Å². The van der Waals surface area contributed by atoms with Gasteiger partial charge in [-0.3, -0.25) is 29.2 Å². The number of H-pyrrole nitrogens is 1. The minimum absolute atomic E-state index is 0.0676. The molecule has 13 nitrogen and oxygen atoms in total. The fourth-order valence-corrected chi connectivity index (χ4v) is 4.45. The summed E-state index contributed by atoms with van der Waals surface area (Å²) in [7, 11) is 0. The van der Waals surface area contributed by atoms with Gasteiger partial charge in [0.1, 0.15) is 12.8 Å². The summed E-state index contributed by atoms with van der Waals surface area (Å²) in [6, 6.07) is 6.50. The lowest BCUT2D eigenvalue weighted by Gasteiger charge is -2.35. The topological polar surface area (TPSA) is 149 Å². The Morgan fingerprint density at radius 2 is 1.94 bits per heavy atom. The summed E-state index contributed by atoms with van der Waals surface area (Å²) in [6.45, 7) is 3.17. The number of imidazole rings is 1. The van der Waals surface area contributed by atoms with E-state index in [9.17, 15) is 19.7 Å². The summed E-state index contributed by atoms with van der Waals surface area (Å²) in [5, 5.41) is 10.8. The van der Waals surface area contributed by atoms with Crippen molar-refractivity contribution in [3.63, 3.8) is 0 Å². The van der Waals surface area contributed by atoms with Gasteiger partial charge in [-0.25, -0.2) is 9.97 Å². The molecule has 2 aliphatic rings. The van der Waals surface area contributed by atoms with E-state index in [1.807, 2.05) is 4.90 Å². The minimum atomic E-state index is -0.413. The second-order valence-electron chi connectivity index (χ2n) is 8.57. The molecule has 2 saturated heterocycles. The van der Waals surface area contributed by atoms with Gasteiger partial charge >= 0.3 is 5.97 Å². The number of nitro benzene ring substituents is 1. The zero-order valence-corrected chi connectivity index (χ0v) is 18.9. The normalized spacial score (nSPS) is 20.9. The Kier molecular flexibility index (Phi) is 6.42. The third-order valence-electron chi connectivity index (χ3n) is 6.34. The summed E-state index contributed by atoms with van der Waals surface area (Å²) < 4.78 is 13.2. The summed E-state index contributed by atoms with van der Waals surface area (Å²) in [4.78, 5) is 49.6. The highest BCUT2D eigenvalue weighted by Gasteiger charge is 2.29. The second kappa shape index (κ2) is 9.80. The lowest BCUT2D eigenvalue weighted by atomic mass is 10.2. The number of hydrogen-bond donors (Lipinski definition) is 1. The Balaban J connectivity index is 1.06. The molecule has 5 rings (SSSR count). The lowest BCUT2D eigenvalue weighted by molar-refractivity contribution is -0.384. The maximum absolute atomic E-state index is 12.4. The molecule has 2 aliphatic heterocycles. The fourth-order valence-electron chi connectivity index (χ4n) is 4.45. The van der Waals surface area contributed by atoms with Crippen LogP contribution in [-0.2, 0) is 14.3 Å². The summed E-state index contributed by atoms with van der Waals surface area (Å²) in [6.07, 6.45) is 3.75. The van der Waals surface area contributed by atoms with Crippen LogP contribution in [0.5, 0.6) is 0 Å². The maximum Gasteiger partial charge on any atom is 0.320 e. The molecule has 0 amide bonds. The lowest BCUT2D eigenvalue weighted by Crippen LogP contribution is -2.48. The van der Waals surface area contributed by atoms with Gasteiger partial charge < -0.3 is 19.4 Å². The number of nitrogens with one attached hydrogen (secondary N) is 1. The van der Waals surface area contributed by atoms with Crippen LogP contribution >= 0.6 is 0 Å². The quantitative estimate of drug-likeness (QED) is 0.294. The van der Waals surface area contributed by atoms with Crippen molar-refractivity contribution in [1.29, 1.82) is 0 Å². The van der Waals surface area contributed by atoms with Crippen molar-refractivity contribution >= 4 is 28.5 Å². The summed E-state index contributed by atoms with van der Waals surface area (Å²) in [5.41, 5.74) is 1.42.